The highest BCUT2D eigenvalue weighted by molar-refractivity contribution is 7.13. The molecule has 3 heterocycles. The van der Waals surface area contributed by atoms with Gasteiger partial charge in [-0.2, -0.15) is 9.78 Å². The number of carbonyl (C=O) groups is 2. The van der Waals surface area contributed by atoms with Crippen molar-refractivity contribution in [3.63, 3.8) is 0 Å². The fourth-order valence-electron chi connectivity index (χ4n) is 2.99. The average molecular weight is 498 g/mol. The van der Waals surface area contributed by atoms with Crippen molar-refractivity contribution in [2.24, 2.45) is 5.10 Å². The smallest absolute Gasteiger partial charge is 0.308 e. The first kappa shape index (κ1) is 23.4. The largest absolute Gasteiger partial charge is 0.493 e. The van der Waals surface area contributed by atoms with Gasteiger partial charge in [0.05, 0.1) is 25.3 Å². The Labute approximate surface area is 201 Å². The molecule has 0 saturated carbocycles. The maximum atomic E-state index is 12.9. The number of anilines is 1. The van der Waals surface area contributed by atoms with Crippen LogP contribution in [0.5, 0.6) is 17.2 Å². The van der Waals surface area contributed by atoms with Gasteiger partial charge in [0.25, 0.3) is 5.91 Å². The zero-order valence-corrected chi connectivity index (χ0v) is 19.4. The second-order valence-electron chi connectivity index (χ2n) is 6.70. The molecule has 3 aromatic heterocycles. The summed E-state index contributed by atoms with van der Waals surface area (Å²) in [6.07, 6.45) is 1.36. The molecule has 0 aliphatic carbocycles. The Bertz CT molecular complexity index is 1370. The van der Waals surface area contributed by atoms with Gasteiger partial charge in [0, 0.05) is 12.5 Å². The van der Waals surface area contributed by atoms with Crippen molar-refractivity contribution in [1.82, 2.24) is 30.7 Å². The Morgan fingerprint density at radius 3 is 2.54 bits per heavy atom. The Morgan fingerprint density at radius 1 is 1.23 bits per heavy atom. The molecular weight excluding hydrogens is 480 g/mol. The molecule has 0 saturated heterocycles. The van der Waals surface area contributed by atoms with Crippen LogP contribution in [0, 0.1) is 0 Å². The van der Waals surface area contributed by atoms with Crippen LogP contribution in [0.4, 0.5) is 5.82 Å². The summed E-state index contributed by atoms with van der Waals surface area (Å²) in [4.78, 5) is 25.0. The third-order valence-corrected chi connectivity index (χ3v) is 5.32. The van der Waals surface area contributed by atoms with Gasteiger partial charge in [-0.05, 0) is 33.9 Å². The normalized spacial score (nSPS) is 10.9. The number of amides is 1. The van der Waals surface area contributed by atoms with Crippen molar-refractivity contribution in [3.05, 3.63) is 40.9 Å². The number of benzene rings is 1. The van der Waals surface area contributed by atoms with E-state index in [1.807, 2.05) is 11.4 Å². The zero-order valence-electron chi connectivity index (χ0n) is 18.6. The number of carbonyl (C=O) groups excluding carboxylic acids is 2. The molecule has 0 aliphatic rings. The standard InChI is InChI=1S/C20H18N8O6S/c1-10(29)33-17-12(31-2)7-11(8-13(17)32-3)9-22-24-20(30)15-16(14-5-4-6-35-14)28(27-23-15)19-18(21)25-34-26-19/h4-9H,1-3H3,(H2,21,25)(H,24,30)/b22-9-. The molecule has 0 unspecified atom stereocenters. The molecular formula is C20H18N8O6S. The van der Waals surface area contributed by atoms with Crippen molar-refractivity contribution < 1.29 is 28.4 Å². The lowest BCUT2D eigenvalue weighted by Crippen LogP contribution is -2.19. The topological polar surface area (TPSA) is 182 Å². The maximum Gasteiger partial charge on any atom is 0.308 e. The van der Waals surface area contributed by atoms with Crippen LogP contribution >= 0.6 is 11.3 Å². The molecule has 3 N–H and O–H groups in total. The summed E-state index contributed by atoms with van der Waals surface area (Å²) in [5, 5.41) is 21.0. The minimum Gasteiger partial charge on any atom is -0.493 e. The zero-order chi connectivity index (χ0) is 24.9. The molecule has 35 heavy (non-hydrogen) atoms. The van der Waals surface area contributed by atoms with Crippen molar-refractivity contribution in [3.8, 4) is 33.6 Å². The molecule has 0 radical (unpaired) electrons. The number of thiophene rings is 1. The van der Waals surface area contributed by atoms with Crippen LogP contribution in [0.2, 0.25) is 0 Å². The van der Waals surface area contributed by atoms with Gasteiger partial charge in [-0.15, -0.1) is 16.4 Å². The van der Waals surface area contributed by atoms with Crippen LogP contribution < -0.4 is 25.4 Å². The van der Waals surface area contributed by atoms with E-state index in [0.717, 1.165) is 0 Å². The van der Waals surface area contributed by atoms with Crippen LogP contribution in [0.15, 0.2) is 39.4 Å². The fourth-order valence-corrected chi connectivity index (χ4v) is 3.75. The van der Waals surface area contributed by atoms with Gasteiger partial charge < -0.3 is 19.9 Å². The Balaban J connectivity index is 1.61. The van der Waals surface area contributed by atoms with Gasteiger partial charge in [-0.3, -0.25) is 9.59 Å². The maximum absolute atomic E-state index is 12.9. The van der Waals surface area contributed by atoms with E-state index in [9.17, 15) is 9.59 Å². The molecule has 4 aromatic rings. The van der Waals surface area contributed by atoms with E-state index in [2.05, 4.69) is 35.8 Å². The molecule has 0 spiro atoms. The van der Waals surface area contributed by atoms with Gasteiger partial charge in [0.15, 0.2) is 17.2 Å². The first-order valence-electron chi connectivity index (χ1n) is 9.78. The minimum absolute atomic E-state index is 0.0159. The summed E-state index contributed by atoms with van der Waals surface area (Å²) < 4.78 is 21.6. The molecule has 15 heteroatoms. The van der Waals surface area contributed by atoms with Gasteiger partial charge in [0.1, 0.15) is 5.69 Å². The summed E-state index contributed by atoms with van der Waals surface area (Å²) >= 11 is 1.36. The van der Waals surface area contributed by atoms with E-state index in [1.165, 1.54) is 43.4 Å². The Hall–Kier alpha value is -4.79. The minimum atomic E-state index is -0.638. The number of methoxy groups -OCH3 is 2. The van der Waals surface area contributed by atoms with Crippen LogP contribution in [-0.4, -0.2) is 57.6 Å². The third-order valence-electron chi connectivity index (χ3n) is 4.44. The number of ether oxygens (including phenoxy) is 3. The molecule has 4 rings (SSSR count). The number of hydrogen-bond acceptors (Lipinski definition) is 13. The fraction of sp³-hybridized carbons (Fsp3) is 0.150. The van der Waals surface area contributed by atoms with Crippen LogP contribution in [0.1, 0.15) is 23.0 Å². The van der Waals surface area contributed by atoms with Crippen molar-refractivity contribution in [2.45, 2.75) is 6.92 Å². The lowest BCUT2D eigenvalue weighted by atomic mass is 10.2. The highest BCUT2D eigenvalue weighted by atomic mass is 32.1. The SMILES string of the molecule is COc1cc(/C=N\NC(=O)c2nnn(-c3nonc3N)c2-c2cccs2)cc(OC)c1OC(C)=O. The monoisotopic (exact) mass is 498 g/mol. The first-order valence-corrected chi connectivity index (χ1v) is 10.7. The Kier molecular flexibility index (Phi) is 6.68. The second-order valence-corrected chi connectivity index (χ2v) is 7.64. The number of nitrogens with zero attached hydrogens (tertiary/aromatic N) is 6. The first-order chi connectivity index (χ1) is 16.9. The van der Waals surface area contributed by atoms with Gasteiger partial charge in [-0.25, -0.2) is 10.1 Å². The van der Waals surface area contributed by atoms with Crippen LogP contribution in [-0.2, 0) is 4.79 Å². The number of rotatable bonds is 8. The van der Waals surface area contributed by atoms with E-state index in [4.69, 9.17) is 19.9 Å². The summed E-state index contributed by atoms with van der Waals surface area (Å²) in [7, 11) is 2.83. The van der Waals surface area contributed by atoms with Gasteiger partial charge in [-0.1, -0.05) is 11.3 Å². The summed E-state index contributed by atoms with van der Waals surface area (Å²) in [5.74, 6) is -0.478. The van der Waals surface area contributed by atoms with E-state index in [1.54, 1.807) is 18.2 Å². The van der Waals surface area contributed by atoms with Crippen LogP contribution in [0.3, 0.4) is 0 Å². The van der Waals surface area contributed by atoms with E-state index in [-0.39, 0.29) is 34.6 Å². The Morgan fingerprint density at radius 2 is 1.97 bits per heavy atom. The van der Waals surface area contributed by atoms with Crippen molar-refractivity contribution >= 4 is 35.2 Å². The molecule has 0 bridgehead atoms. The number of aromatic nitrogens is 5. The summed E-state index contributed by atoms with van der Waals surface area (Å²) in [6.45, 7) is 1.26. The summed E-state index contributed by atoms with van der Waals surface area (Å²) in [5.41, 5.74) is 9.01. The number of hydrazone groups is 1. The quantitative estimate of drug-likeness (QED) is 0.156. The highest BCUT2D eigenvalue weighted by Gasteiger charge is 2.25. The lowest BCUT2D eigenvalue weighted by molar-refractivity contribution is -0.132. The van der Waals surface area contributed by atoms with Crippen LogP contribution in [0.25, 0.3) is 16.4 Å². The van der Waals surface area contributed by atoms with E-state index < -0.39 is 11.9 Å². The number of nitrogens with two attached hydrogens (primary N) is 1. The molecule has 0 atom stereocenters. The molecule has 180 valence electrons. The second kappa shape index (κ2) is 10.0. The number of esters is 1. The number of hydrogen-bond donors (Lipinski definition) is 2. The average Bonchev–Trinajstić information content (AvgIpc) is 3.59. The molecule has 0 aliphatic heterocycles. The molecule has 1 amide bonds. The highest BCUT2D eigenvalue weighted by Crippen LogP contribution is 2.38. The van der Waals surface area contributed by atoms with Gasteiger partial charge in [0.2, 0.25) is 17.4 Å². The van der Waals surface area contributed by atoms with Crippen molar-refractivity contribution in [2.75, 3.05) is 20.0 Å². The van der Waals surface area contributed by atoms with E-state index >= 15 is 0 Å². The van der Waals surface area contributed by atoms with Crippen molar-refractivity contribution in [1.29, 1.82) is 0 Å². The number of nitrogens with one attached hydrogen (secondary N) is 1. The third kappa shape index (κ3) is 4.79. The van der Waals surface area contributed by atoms with E-state index in [0.29, 0.717) is 16.1 Å². The predicted octanol–water partition coefficient (Wildman–Crippen LogP) is 1.67. The van der Waals surface area contributed by atoms with Gasteiger partial charge >= 0.3 is 5.97 Å². The lowest BCUT2D eigenvalue weighted by Gasteiger charge is -2.13. The molecule has 1 aromatic carbocycles. The number of nitrogen functional groups attached to an aromatic ring is 1. The molecule has 14 nitrogen and oxygen atoms in total. The predicted molar refractivity (Wildman–Crippen MR) is 123 cm³/mol. The molecule has 0 fully saturated rings. The summed E-state index contributed by atoms with van der Waals surface area (Å²) in [6, 6.07) is 6.71.